The first-order valence-electron chi connectivity index (χ1n) is 7.20. The first-order valence-corrected chi connectivity index (χ1v) is 7.20. The van der Waals surface area contributed by atoms with Gasteiger partial charge in [0, 0.05) is 13.0 Å². The van der Waals surface area contributed by atoms with Gasteiger partial charge in [-0.05, 0) is 26.2 Å². The van der Waals surface area contributed by atoms with Crippen LogP contribution in [0, 0.1) is 17.3 Å². The van der Waals surface area contributed by atoms with E-state index in [1.54, 1.807) is 21.0 Å². The van der Waals surface area contributed by atoms with Gasteiger partial charge in [-0.2, -0.15) is 0 Å². The third-order valence-electron chi connectivity index (χ3n) is 3.27. The van der Waals surface area contributed by atoms with E-state index in [-0.39, 0.29) is 25.0 Å². The Kier molecular flexibility index (Phi) is 8.46. The van der Waals surface area contributed by atoms with Crippen LogP contribution in [0.1, 0.15) is 41.0 Å². The van der Waals surface area contributed by atoms with E-state index in [0.29, 0.717) is 13.0 Å². The molecule has 0 aromatic carbocycles. The number of carbonyl (C=O) groups is 2. The van der Waals surface area contributed by atoms with Gasteiger partial charge in [0.05, 0.1) is 19.8 Å². The van der Waals surface area contributed by atoms with Gasteiger partial charge < -0.3 is 14.2 Å². The molecule has 0 aromatic heterocycles. The van der Waals surface area contributed by atoms with Crippen LogP contribution in [0.5, 0.6) is 0 Å². The van der Waals surface area contributed by atoms with Crippen molar-refractivity contribution in [1.82, 2.24) is 0 Å². The minimum Gasteiger partial charge on any atom is -0.465 e. The lowest BCUT2D eigenvalue weighted by Gasteiger charge is -2.35. The van der Waals surface area contributed by atoms with Gasteiger partial charge in [-0.3, -0.25) is 9.59 Å². The highest BCUT2D eigenvalue weighted by Crippen LogP contribution is 2.38. The topological polar surface area (TPSA) is 61.8 Å². The second-order valence-corrected chi connectivity index (χ2v) is 5.37. The molecule has 118 valence electrons. The average molecular weight is 288 g/mol. The van der Waals surface area contributed by atoms with Crippen LogP contribution in [0.3, 0.4) is 0 Å². The molecule has 1 unspecified atom stereocenters. The molecule has 0 aromatic rings. The first-order chi connectivity index (χ1) is 9.36. The summed E-state index contributed by atoms with van der Waals surface area (Å²) < 4.78 is 15.4. The Morgan fingerprint density at radius 1 is 1.00 bits per heavy atom. The van der Waals surface area contributed by atoms with Crippen molar-refractivity contribution in [1.29, 1.82) is 0 Å². The highest BCUT2D eigenvalue weighted by molar-refractivity contribution is 6.00. The number of carbonyl (C=O) groups excluding carboxylic acids is 2. The number of methoxy groups -OCH3 is 1. The Bertz CT molecular complexity index is 293. The standard InChI is InChI=1S/C15H28O5/c1-7-19-13(16)15(9-11(3)4,12(5)10-18-6)14(17)20-8-2/h11-12H,7-10H2,1-6H3. The molecule has 0 saturated heterocycles. The quantitative estimate of drug-likeness (QED) is 0.481. The molecule has 0 aliphatic carbocycles. The van der Waals surface area contributed by atoms with Crippen molar-refractivity contribution in [2.24, 2.45) is 17.3 Å². The Labute approximate surface area is 122 Å². The number of esters is 2. The lowest BCUT2D eigenvalue weighted by Crippen LogP contribution is -2.49. The van der Waals surface area contributed by atoms with Gasteiger partial charge in [0.15, 0.2) is 5.41 Å². The summed E-state index contributed by atoms with van der Waals surface area (Å²) in [5.74, 6) is -1.19. The average Bonchev–Trinajstić information content (AvgIpc) is 2.36. The number of hydrogen-bond donors (Lipinski definition) is 0. The van der Waals surface area contributed by atoms with Crippen LogP contribution in [0.4, 0.5) is 0 Å². The van der Waals surface area contributed by atoms with E-state index < -0.39 is 17.4 Å². The minimum atomic E-state index is -1.30. The van der Waals surface area contributed by atoms with Crippen molar-refractivity contribution in [2.75, 3.05) is 26.9 Å². The van der Waals surface area contributed by atoms with Crippen LogP contribution in [-0.4, -0.2) is 38.9 Å². The Morgan fingerprint density at radius 2 is 1.45 bits per heavy atom. The van der Waals surface area contributed by atoms with Gasteiger partial charge in [0.2, 0.25) is 0 Å². The fourth-order valence-corrected chi connectivity index (χ4v) is 2.41. The smallest absolute Gasteiger partial charge is 0.323 e. The second-order valence-electron chi connectivity index (χ2n) is 5.37. The van der Waals surface area contributed by atoms with Crippen molar-refractivity contribution in [3.8, 4) is 0 Å². The zero-order valence-electron chi connectivity index (χ0n) is 13.5. The van der Waals surface area contributed by atoms with E-state index in [2.05, 4.69) is 0 Å². The molecule has 20 heavy (non-hydrogen) atoms. The lowest BCUT2D eigenvalue weighted by atomic mass is 9.71. The Hall–Kier alpha value is -1.10. The lowest BCUT2D eigenvalue weighted by molar-refractivity contribution is -0.179. The van der Waals surface area contributed by atoms with E-state index in [0.717, 1.165) is 0 Å². The van der Waals surface area contributed by atoms with Gasteiger partial charge in [0.25, 0.3) is 0 Å². The molecule has 0 aliphatic heterocycles. The van der Waals surface area contributed by atoms with Gasteiger partial charge in [0.1, 0.15) is 0 Å². The second kappa shape index (κ2) is 8.95. The summed E-state index contributed by atoms with van der Waals surface area (Å²) in [6.45, 7) is 9.97. The van der Waals surface area contributed by atoms with Crippen LogP contribution in [-0.2, 0) is 23.8 Å². The molecule has 0 bridgehead atoms. The maximum Gasteiger partial charge on any atom is 0.323 e. The monoisotopic (exact) mass is 288 g/mol. The fraction of sp³-hybridized carbons (Fsp3) is 0.867. The van der Waals surface area contributed by atoms with Crippen molar-refractivity contribution in [3.05, 3.63) is 0 Å². The maximum absolute atomic E-state index is 12.5. The molecular weight excluding hydrogens is 260 g/mol. The van der Waals surface area contributed by atoms with Crippen molar-refractivity contribution in [2.45, 2.75) is 41.0 Å². The van der Waals surface area contributed by atoms with Gasteiger partial charge in [-0.15, -0.1) is 0 Å². The summed E-state index contributed by atoms with van der Waals surface area (Å²) in [6.07, 6.45) is 0.384. The molecule has 0 rings (SSSR count). The number of hydrogen-bond acceptors (Lipinski definition) is 5. The zero-order chi connectivity index (χ0) is 15.8. The normalized spacial score (nSPS) is 13.2. The SMILES string of the molecule is CCOC(=O)C(CC(C)C)(C(=O)OCC)C(C)COC. The van der Waals surface area contributed by atoms with Gasteiger partial charge in [-0.1, -0.05) is 20.8 Å². The van der Waals surface area contributed by atoms with E-state index >= 15 is 0 Å². The summed E-state index contributed by atoms with van der Waals surface area (Å²) in [5.41, 5.74) is -1.30. The van der Waals surface area contributed by atoms with E-state index in [4.69, 9.17) is 14.2 Å². The molecule has 0 heterocycles. The largest absolute Gasteiger partial charge is 0.465 e. The minimum absolute atomic E-state index is 0.156. The molecular formula is C15H28O5. The predicted molar refractivity (Wildman–Crippen MR) is 76.2 cm³/mol. The molecule has 0 N–H and O–H groups in total. The molecule has 0 radical (unpaired) electrons. The van der Waals surface area contributed by atoms with Crippen molar-refractivity contribution < 1.29 is 23.8 Å². The summed E-state index contributed by atoms with van der Waals surface area (Å²) in [5, 5.41) is 0. The van der Waals surface area contributed by atoms with Crippen molar-refractivity contribution in [3.63, 3.8) is 0 Å². The fourth-order valence-electron chi connectivity index (χ4n) is 2.41. The Morgan fingerprint density at radius 3 is 1.75 bits per heavy atom. The zero-order valence-corrected chi connectivity index (χ0v) is 13.5. The van der Waals surface area contributed by atoms with E-state index in [1.807, 2.05) is 20.8 Å². The van der Waals surface area contributed by atoms with Crippen LogP contribution in [0.2, 0.25) is 0 Å². The van der Waals surface area contributed by atoms with E-state index in [1.165, 1.54) is 0 Å². The molecule has 0 aliphatic rings. The van der Waals surface area contributed by atoms with Crippen molar-refractivity contribution >= 4 is 11.9 Å². The van der Waals surface area contributed by atoms with Crippen LogP contribution in [0.25, 0.3) is 0 Å². The number of ether oxygens (including phenoxy) is 3. The Balaban J connectivity index is 5.61. The molecule has 0 spiro atoms. The van der Waals surface area contributed by atoms with Gasteiger partial charge in [-0.25, -0.2) is 0 Å². The first kappa shape index (κ1) is 18.9. The molecule has 0 fully saturated rings. The molecule has 5 heteroatoms. The summed E-state index contributed by atoms with van der Waals surface area (Å²) >= 11 is 0. The molecule has 1 atom stereocenters. The summed E-state index contributed by atoms with van der Waals surface area (Å²) in [7, 11) is 1.55. The third kappa shape index (κ3) is 4.47. The predicted octanol–water partition coefficient (Wildman–Crippen LogP) is 2.43. The molecule has 0 amide bonds. The summed E-state index contributed by atoms with van der Waals surface area (Å²) in [6, 6.07) is 0. The highest BCUT2D eigenvalue weighted by atomic mass is 16.6. The van der Waals surface area contributed by atoms with Crippen LogP contribution < -0.4 is 0 Å². The highest BCUT2D eigenvalue weighted by Gasteiger charge is 2.53. The maximum atomic E-state index is 12.5. The van der Waals surface area contributed by atoms with Gasteiger partial charge >= 0.3 is 11.9 Å². The van der Waals surface area contributed by atoms with Crippen LogP contribution >= 0.6 is 0 Å². The van der Waals surface area contributed by atoms with E-state index in [9.17, 15) is 9.59 Å². The number of rotatable bonds is 9. The third-order valence-corrected chi connectivity index (χ3v) is 3.27. The molecule has 0 saturated carbocycles. The molecule has 5 nitrogen and oxygen atoms in total. The van der Waals surface area contributed by atoms with Crippen LogP contribution in [0.15, 0.2) is 0 Å². The summed E-state index contributed by atoms with van der Waals surface area (Å²) in [4.78, 5) is 24.9.